The second-order valence-corrected chi connectivity index (χ2v) is 6.10. The average Bonchev–Trinajstić information content (AvgIpc) is 3.11. The quantitative estimate of drug-likeness (QED) is 0.563. The highest BCUT2D eigenvalue weighted by Crippen LogP contribution is 2.33. The van der Waals surface area contributed by atoms with Crippen molar-refractivity contribution < 1.29 is 19.4 Å². The van der Waals surface area contributed by atoms with Crippen LogP contribution in [0.5, 0.6) is 0 Å². The Bertz CT molecular complexity index is 562. The molecule has 0 saturated heterocycles. The van der Waals surface area contributed by atoms with Gasteiger partial charge in [0.05, 0.1) is 13.2 Å². The zero-order valence-corrected chi connectivity index (χ0v) is 13.7. The van der Waals surface area contributed by atoms with Crippen molar-refractivity contribution in [2.24, 2.45) is 0 Å². The van der Waals surface area contributed by atoms with Crippen molar-refractivity contribution in [3.63, 3.8) is 0 Å². The van der Waals surface area contributed by atoms with Gasteiger partial charge in [0.15, 0.2) is 5.76 Å². The summed E-state index contributed by atoms with van der Waals surface area (Å²) in [5.41, 5.74) is 0. The number of amides is 1. The highest BCUT2D eigenvalue weighted by atomic mass is 32.1. The van der Waals surface area contributed by atoms with Crippen LogP contribution in [0.4, 0.5) is 0 Å². The van der Waals surface area contributed by atoms with Crippen molar-refractivity contribution in [1.29, 1.82) is 0 Å². The molecule has 1 aromatic heterocycles. The Morgan fingerprint density at radius 3 is 3.13 bits per heavy atom. The first-order chi connectivity index (χ1) is 11.2. The first-order valence-electron chi connectivity index (χ1n) is 7.60. The molecule has 0 fully saturated rings. The molecule has 0 spiro atoms. The number of carbonyl (C=O) groups is 1. The second kappa shape index (κ2) is 9.36. The molecule has 2 rings (SSSR count). The molecule has 0 unspecified atom stereocenters. The number of terminal acetylenes is 1. The largest absolute Gasteiger partial charge is 0.459 e. The Hall–Kier alpha value is -1.81. The first-order valence-corrected chi connectivity index (χ1v) is 8.48. The Morgan fingerprint density at radius 1 is 1.57 bits per heavy atom. The fourth-order valence-corrected chi connectivity index (χ4v) is 3.08. The molecule has 2 heterocycles. The summed E-state index contributed by atoms with van der Waals surface area (Å²) in [6, 6.07) is 4.02. The summed E-state index contributed by atoms with van der Waals surface area (Å²) in [5.74, 6) is 2.37. The van der Waals surface area contributed by atoms with E-state index >= 15 is 0 Å². The number of unbranched alkanes of at least 4 members (excludes halogenated alkanes) is 1. The van der Waals surface area contributed by atoms with Gasteiger partial charge in [-0.2, -0.15) is 0 Å². The van der Waals surface area contributed by atoms with Gasteiger partial charge in [-0.3, -0.25) is 4.79 Å². The number of thiophene rings is 1. The molecule has 6 heteroatoms. The molecular formula is C17H21NO4S. The number of allylic oxidation sites excluding steroid dienone is 1. The Kier molecular flexibility index (Phi) is 7.14. The monoisotopic (exact) mass is 335 g/mol. The highest BCUT2D eigenvalue weighted by molar-refractivity contribution is 7.10. The van der Waals surface area contributed by atoms with E-state index in [9.17, 15) is 4.79 Å². The lowest BCUT2D eigenvalue weighted by atomic mass is 9.99. The predicted molar refractivity (Wildman–Crippen MR) is 88.7 cm³/mol. The normalized spacial score (nSPS) is 20.3. The standard InChI is InChI=1S/C17H21NO4S/c1-2-7-18-17(20)14-11-13(15-6-5-10-23-15)12-16(22-14)21-9-4-3-8-19/h1,5-6,10-11,13,16,19H,3-4,7-9,12H2,(H,18,20)/t13-,16+/m1/s1. The van der Waals surface area contributed by atoms with Crippen LogP contribution in [0.3, 0.4) is 0 Å². The summed E-state index contributed by atoms with van der Waals surface area (Å²) >= 11 is 1.64. The van der Waals surface area contributed by atoms with Crippen molar-refractivity contribution in [1.82, 2.24) is 5.32 Å². The Labute approximate surface area is 140 Å². The molecule has 1 aromatic rings. The number of aliphatic hydroxyl groups excluding tert-OH is 1. The van der Waals surface area contributed by atoms with Gasteiger partial charge < -0.3 is 19.9 Å². The van der Waals surface area contributed by atoms with E-state index < -0.39 is 6.29 Å². The SMILES string of the molecule is C#CCNC(=O)C1=C[C@@H](c2cccs2)C[C@@H](OCCCCO)O1. The molecule has 0 saturated carbocycles. The number of carbonyl (C=O) groups excluding carboxylic acids is 1. The van der Waals surface area contributed by atoms with Gasteiger partial charge in [-0.15, -0.1) is 17.8 Å². The van der Waals surface area contributed by atoms with Gasteiger partial charge in [0.2, 0.25) is 6.29 Å². The topological polar surface area (TPSA) is 67.8 Å². The minimum absolute atomic E-state index is 0.0816. The summed E-state index contributed by atoms with van der Waals surface area (Å²) < 4.78 is 11.4. The summed E-state index contributed by atoms with van der Waals surface area (Å²) in [5, 5.41) is 13.4. The van der Waals surface area contributed by atoms with Crippen LogP contribution in [0.25, 0.3) is 0 Å². The number of aliphatic hydroxyl groups is 1. The summed E-state index contributed by atoms with van der Waals surface area (Å²) in [4.78, 5) is 13.3. The first kappa shape index (κ1) is 17.5. The molecule has 0 bridgehead atoms. The lowest BCUT2D eigenvalue weighted by Crippen LogP contribution is -2.33. The van der Waals surface area contributed by atoms with Crippen molar-refractivity contribution in [3.8, 4) is 12.3 Å². The molecule has 1 amide bonds. The van der Waals surface area contributed by atoms with E-state index in [4.69, 9.17) is 21.0 Å². The van der Waals surface area contributed by atoms with Crippen LogP contribution < -0.4 is 5.32 Å². The molecule has 124 valence electrons. The van der Waals surface area contributed by atoms with Crippen LogP contribution in [0.2, 0.25) is 0 Å². The molecule has 1 aliphatic rings. The fourth-order valence-electron chi connectivity index (χ4n) is 2.27. The maximum atomic E-state index is 12.1. The van der Waals surface area contributed by atoms with E-state index in [-0.39, 0.29) is 30.7 Å². The van der Waals surface area contributed by atoms with Crippen molar-refractivity contribution >= 4 is 17.2 Å². The lowest BCUT2D eigenvalue weighted by Gasteiger charge is -2.28. The fraction of sp³-hybridized carbons (Fsp3) is 0.471. The van der Waals surface area contributed by atoms with E-state index in [0.717, 1.165) is 6.42 Å². The van der Waals surface area contributed by atoms with E-state index in [2.05, 4.69) is 11.2 Å². The molecule has 0 aromatic carbocycles. The average molecular weight is 335 g/mol. The molecule has 23 heavy (non-hydrogen) atoms. The number of hydrogen-bond donors (Lipinski definition) is 2. The summed E-state index contributed by atoms with van der Waals surface area (Å²) in [7, 11) is 0. The third kappa shape index (κ3) is 5.39. The minimum Gasteiger partial charge on any atom is -0.459 e. The zero-order valence-electron chi connectivity index (χ0n) is 12.9. The second-order valence-electron chi connectivity index (χ2n) is 5.12. The van der Waals surface area contributed by atoms with Crippen LogP contribution in [-0.2, 0) is 14.3 Å². The molecular weight excluding hydrogens is 314 g/mol. The van der Waals surface area contributed by atoms with Crippen LogP contribution in [0.1, 0.15) is 30.1 Å². The summed E-state index contributed by atoms with van der Waals surface area (Å²) in [6.45, 7) is 0.791. The van der Waals surface area contributed by atoms with Crippen LogP contribution in [0, 0.1) is 12.3 Å². The molecule has 5 nitrogen and oxygen atoms in total. The van der Waals surface area contributed by atoms with Crippen molar-refractivity contribution in [2.45, 2.75) is 31.5 Å². The third-order valence-electron chi connectivity index (χ3n) is 3.40. The smallest absolute Gasteiger partial charge is 0.286 e. The van der Waals surface area contributed by atoms with Gasteiger partial charge in [-0.25, -0.2) is 0 Å². The maximum absolute atomic E-state index is 12.1. The summed E-state index contributed by atoms with van der Waals surface area (Å²) in [6.07, 6.45) is 8.61. The molecule has 0 aliphatic carbocycles. The van der Waals surface area contributed by atoms with E-state index in [1.807, 2.05) is 23.6 Å². The van der Waals surface area contributed by atoms with Crippen LogP contribution in [-0.4, -0.2) is 37.1 Å². The van der Waals surface area contributed by atoms with Gasteiger partial charge in [0, 0.05) is 23.8 Å². The van der Waals surface area contributed by atoms with E-state index in [1.54, 1.807) is 11.3 Å². The molecule has 2 N–H and O–H groups in total. The number of hydrogen-bond acceptors (Lipinski definition) is 5. The highest BCUT2D eigenvalue weighted by Gasteiger charge is 2.28. The van der Waals surface area contributed by atoms with Crippen LogP contribution in [0.15, 0.2) is 29.3 Å². The van der Waals surface area contributed by atoms with Gasteiger partial charge in [-0.05, 0) is 30.4 Å². The van der Waals surface area contributed by atoms with Crippen LogP contribution >= 0.6 is 11.3 Å². The van der Waals surface area contributed by atoms with Gasteiger partial charge >= 0.3 is 0 Å². The van der Waals surface area contributed by atoms with Gasteiger partial charge in [0.25, 0.3) is 5.91 Å². The minimum atomic E-state index is -0.475. The van der Waals surface area contributed by atoms with Crippen molar-refractivity contribution in [3.05, 3.63) is 34.2 Å². The molecule has 1 aliphatic heterocycles. The zero-order chi connectivity index (χ0) is 16.5. The predicted octanol–water partition coefficient (Wildman–Crippen LogP) is 2.00. The van der Waals surface area contributed by atoms with Gasteiger partial charge in [0.1, 0.15) is 0 Å². The maximum Gasteiger partial charge on any atom is 0.286 e. The van der Waals surface area contributed by atoms with E-state index in [0.29, 0.717) is 19.4 Å². The number of nitrogens with one attached hydrogen (secondary N) is 1. The number of rotatable bonds is 8. The third-order valence-corrected chi connectivity index (χ3v) is 4.40. The Morgan fingerprint density at radius 2 is 2.43 bits per heavy atom. The van der Waals surface area contributed by atoms with E-state index in [1.165, 1.54) is 4.88 Å². The number of ether oxygens (including phenoxy) is 2. The lowest BCUT2D eigenvalue weighted by molar-refractivity contribution is -0.146. The Balaban J connectivity index is 2.03. The van der Waals surface area contributed by atoms with Gasteiger partial charge in [-0.1, -0.05) is 12.0 Å². The van der Waals surface area contributed by atoms with Crippen molar-refractivity contribution in [2.75, 3.05) is 19.8 Å². The molecule has 2 atom stereocenters. The molecule has 0 radical (unpaired) electrons.